The van der Waals surface area contributed by atoms with Crippen molar-refractivity contribution in [3.63, 3.8) is 0 Å². The minimum atomic E-state index is -0.521. The maximum Gasteiger partial charge on any atom is 0.125 e. The SMILES string of the molecule is COCCOCCCOc1ccc(C)cc1[C@H](C)O. The molecule has 4 nitrogen and oxygen atoms in total. The number of rotatable bonds is 9. The molecule has 0 bridgehead atoms. The zero-order valence-electron chi connectivity index (χ0n) is 12.0. The Morgan fingerprint density at radius 3 is 2.63 bits per heavy atom. The van der Waals surface area contributed by atoms with E-state index in [4.69, 9.17) is 14.2 Å². The average molecular weight is 268 g/mol. The maximum atomic E-state index is 9.71. The smallest absolute Gasteiger partial charge is 0.125 e. The van der Waals surface area contributed by atoms with Crippen molar-refractivity contribution in [1.29, 1.82) is 0 Å². The standard InChI is InChI=1S/C15H24O4/c1-12-5-6-15(14(11-12)13(2)16)19-8-4-7-18-10-9-17-3/h5-6,11,13,16H,4,7-10H2,1-3H3/t13-/m0/s1. The molecule has 0 heterocycles. The van der Waals surface area contributed by atoms with Crippen molar-refractivity contribution in [3.8, 4) is 5.75 Å². The zero-order chi connectivity index (χ0) is 14.1. The number of ether oxygens (including phenoxy) is 3. The normalized spacial score (nSPS) is 12.4. The van der Waals surface area contributed by atoms with Gasteiger partial charge in [-0.3, -0.25) is 0 Å². The number of benzene rings is 1. The molecule has 1 aromatic carbocycles. The molecule has 0 aromatic heterocycles. The first-order valence-electron chi connectivity index (χ1n) is 6.63. The summed E-state index contributed by atoms with van der Waals surface area (Å²) in [5.41, 5.74) is 1.95. The van der Waals surface area contributed by atoms with E-state index in [9.17, 15) is 5.11 Å². The van der Waals surface area contributed by atoms with E-state index in [0.717, 1.165) is 23.3 Å². The van der Waals surface area contributed by atoms with Gasteiger partial charge in [-0.05, 0) is 26.0 Å². The van der Waals surface area contributed by atoms with E-state index in [-0.39, 0.29) is 0 Å². The van der Waals surface area contributed by atoms with Gasteiger partial charge >= 0.3 is 0 Å². The number of methoxy groups -OCH3 is 1. The third-order valence-electron chi connectivity index (χ3n) is 2.74. The fourth-order valence-electron chi connectivity index (χ4n) is 1.71. The van der Waals surface area contributed by atoms with Crippen molar-refractivity contribution in [2.24, 2.45) is 0 Å². The van der Waals surface area contributed by atoms with Gasteiger partial charge in [0.15, 0.2) is 0 Å². The van der Waals surface area contributed by atoms with Gasteiger partial charge in [0, 0.05) is 25.7 Å². The second-order valence-electron chi connectivity index (χ2n) is 4.52. The van der Waals surface area contributed by atoms with Crippen LogP contribution in [0.25, 0.3) is 0 Å². The molecule has 19 heavy (non-hydrogen) atoms. The Hall–Kier alpha value is -1.10. The lowest BCUT2D eigenvalue weighted by Gasteiger charge is -2.14. The van der Waals surface area contributed by atoms with Crippen LogP contribution in [0.5, 0.6) is 5.75 Å². The summed E-state index contributed by atoms with van der Waals surface area (Å²) in [6, 6.07) is 5.84. The second-order valence-corrected chi connectivity index (χ2v) is 4.52. The fourth-order valence-corrected chi connectivity index (χ4v) is 1.71. The third kappa shape index (κ3) is 6.05. The summed E-state index contributed by atoms with van der Waals surface area (Å²) >= 11 is 0. The second kappa shape index (κ2) is 8.91. The summed E-state index contributed by atoms with van der Waals surface area (Å²) in [5, 5.41) is 9.71. The summed E-state index contributed by atoms with van der Waals surface area (Å²) in [7, 11) is 1.65. The van der Waals surface area contributed by atoms with Crippen molar-refractivity contribution in [2.75, 3.05) is 33.5 Å². The number of hydrogen-bond acceptors (Lipinski definition) is 4. The largest absolute Gasteiger partial charge is 0.493 e. The first-order valence-corrected chi connectivity index (χ1v) is 6.63. The minimum Gasteiger partial charge on any atom is -0.493 e. The highest BCUT2D eigenvalue weighted by molar-refractivity contribution is 5.38. The third-order valence-corrected chi connectivity index (χ3v) is 2.74. The van der Waals surface area contributed by atoms with E-state index < -0.39 is 6.10 Å². The van der Waals surface area contributed by atoms with Gasteiger partial charge in [-0.1, -0.05) is 11.6 Å². The van der Waals surface area contributed by atoms with Crippen LogP contribution in [0.4, 0.5) is 0 Å². The topological polar surface area (TPSA) is 47.9 Å². The van der Waals surface area contributed by atoms with Gasteiger partial charge in [0.05, 0.1) is 25.9 Å². The van der Waals surface area contributed by atoms with E-state index in [2.05, 4.69) is 0 Å². The lowest BCUT2D eigenvalue weighted by atomic mass is 10.1. The molecule has 0 saturated heterocycles. The molecule has 0 saturated carbocycles. The van der Waals surface area contributed by atoms with Crippen LogP contribution in [-0.2, 0) is 9.47 Å². The first kappa shape index (κ1) is 16.0. The lowest BCUT2D eigenvalue weighted by molar-refractivity contribution is 0.0642. The number of hydrogen-bond donors (Lipinski definition) is 1. The molecule has 0 aliphatic rings. The summed E-state index contributed by atoms with van der Waals surface area (Å²) in [6.07, 6.45) is 0.296. The van der Waals surface area contributed by atoms with Crippen molar-refractivity contribution in [1.82, 2.24) is 0 Å². The van der Waals surface area contributed by atoms with E-state index >= 15 is 0 Å². The quantitative estimate of drug-likeness (QED) is 0.699. The molecule has 1 N–H and O–H groups in total. The lowest BCUT2D eigenvalue weighted by Crippen LogP contribution is -2.08. The minimum absolute atomic E-state index is 0.521. The summed E-state index contributed by atoms with van der Waals surface area (Å²) in [4.78, 5) is 0. The molecule has 0 radical (unpaired) electrons. The van der Waals surface area contributed by atoms with E-state index in [1.54, 1.807) is 14.0 Å². The Balaban J connectivity index is 2.33. The molecular weight excluding hydrogens is 244 g/mol. The van der Waals surface area contributed by atoms with E-state index in [1.807, 2.05) is 25.1 Å². The molecule has 0 unspecified atom stereocenters. The van der Waals surface area contributed by atoms with Crippen molar-refractivity contribution in [2.45, 2.75) is 26.4 Å². The Labute approximate surface area is 115 Å². The van der Waals surface area contributed by atoms with Gasteiger partial charge in [0.2, 0.25) is 0 Å². The van der Waals surface area contributed by atoms with Gasteiger partial charge in [0.25, 0.3) is 0 Å². The molecule has 0 fully saturated rings. The van der Waals surface area contributed by atoms with Crippen LogP contribution >= 0.6 is 0 Å². The molecule has 0 aliphatic carbocycles. The molecule has 0 amide bonds. The van der Waals surface area contributed by atoms with Gasteiger partial charge in [0.1, 0.15) is 5.75 Å². The Morgan fingerprint density at radius 2 is 1.95 bits per heavy atom. The fraction of sp³-hybridized carbons (Fsp3) is 0.600. The highest BCUT2D eigenvalue weighted by atomic mass is 16.5. The zero-order valence-corrected chi connectivity index (χ0v) is 12.0. The predicted octanol–water partition coefficient (Wildman–Crippen LogP) is 2.48. The number of aliphatic hydroxyl groups is 1. The van der Waals surface area contributed by atoms with Crippen LogP contribution in [-0.4, -0.2) is 38.6 Å². The first-order chi connectivity index (χ1) is 9.15. The molecule has 0 spiro atoms. The van der Waals surface area contributed by atoms with Crippen LogP contribution < -0.4 is 4.74 Å². The molecule has 1 aromatic rings. The molecular formula is C15H24O4. The van der Waals surface area contributed by atoms with Crippen molar-refractivity contribution in [3.05, 3.63) is 29.3 Å². The summed E-state index contributed by atoms with van der Waals surface area (Å²) < 4.78 is 15.9. The van der Waals surface area contributed by atoms with E-state index in [1.165, 1.54) is 0 Å². The Kier molecular flexibility index (Phi) is 7.48. The molecule has 1 rings (SSSR count). The van der Waals surface area contributed by atoms with Crippen LogP contribution in [0.2, 0.25) is 0 Å². The average Bonchev–Trinajstić information content (AvgIpc) is 2.39. The molecule has 4 heteroatoms. The summed E-state index contributed by atoms with van der Waals surface area (Å²) in [5.74, 6) is 0.748. The van der Waals surface area contributed by atoms with Crippen LogP contribution in [0.15, 0.2) is 18.2 Å². The summed E-state index contributed by atoms with van der Waals surface area (Å²) in [6.45, 7) is 6.20. The van der Waals surface area contributed by atoms with E-state index in [0.29, 0.717) is 26.4 Å². The van der Waals surface area contributed by atoms with Gasteiger partial charge < -0.3 is 19.3 Å². The molecule has 108 valence electrons. The number of aliphatic hydroxyl groups excluding tert-OH is 1. The Morgan fingerprint density at radius 1 is 1.16 bits per heavy atom. The monoisotopic (exact) mass is 268 g/mol. The van der Waals surface area contributed by atoms with Crippen LogP contribution in [0, 0.1) is 6.92 Å². The van der Waals surface area contributed by atoms with Gasteiger partial charge in [-0.25, -0.2) is 0 Å². The Bertz CT molecular complexity index is 363. The van der Waals surface area contributed by atoms with Crippen molar-refractivity contribution >= 4 is 0 Å². The van der Waals surface area contributed by atoms with Crippen LogP contribution in [0.1, 0.15) is 30.6 Å². The van der Waals surface area contributed by atoms with Gasteiger partial charge in [-0.15, -0.1) is 0 Å². The number of aryl methyl sites for hydroxylation is 1. The predicted molar refractivity (Wildman–Crippen MR) is 74.6 cm³/mol. The highest BCUT2D eigenvalue weighted by Crippen LogP contribution is 2.26. The highest BCUT2D eigenvalue weighted by Gasteiger charge is 2.09. The van der Waals surface area contributed by atoms with Gasteiger partial charge in [-0.2, -0.15) is 0 Å². The maximum absolute atomic E-state index is 9.71. The molecule has 0 aliphatic heterocycles. The van der Waals surface area contributed by atoms with Crippen LogP contribution in [0.3, 0.4) is 0 Å². The van der Waals surface area contributed by atoms with Crippen molar-refractivity contribution < 1.29 is 19.3 Å². The molecule has 1 atom stereocenters.